The van der Waals surface area contributed by atoms with Crippen LogP contribution in [0.2, 0.25) is 0 Å². The molecule has 1 amide bonds. The van der Waals surface area contributed by atoms with Gasteiger partial charge in [0.05, 0.1) is 40.4 Å². The van der Waals surface area contributed by atoms with Crippen LogP contribution in [-0.4, -0.2) is 62.1 Å². The monoisotopic (exact) mass is 595 g/mol. The van der Waals surface area contributed by atoms with Gasteiger partial charge in [-0.15, -0.1) is 0 Å². The van der Waals surface area contributed by atoms with Crippen LogP contribution in [-0.2, 0) is 4.79 Å². The molecule has 9 nitrogen and oxygen atoms in total. The molecule has 1 saturated heterocycles. The molecule has 0 spiro atoms. The summed E-state index contributed by atoms with van der Waals surface area (Å²) in [4.78, 5) is 43.6. The predicted molar refractivity (Wildman–Crippen MR) is 163 cm³/mol. The van der Waals surface area contributed by atoms with Gasteiger partial charge in [-0.1, -0.05) is 42.5 Å². The lowest BCUT2D eigenvalue weighted by Gasteiger charge is -2.30. The highest BCUT2D eigenvalue weighted by Gasteiger charge is 2.57. The second kappa shape index (κ2) is 12.9. The second-order valence-electron chi connectivity index (χ2n) is 10.3. The topological polar surface area (TPSA) is 112 Å². The van der Waals surface area contributed by atoms with Gasteiger partial charge >= 0.3 is 5.97 Å². The van der Waals surface area contributed by atoms with Gasteiger partial charge in [0.1, 0.15) is 17.5 Å². The van der Waals surface area contributed by atoms with E-state index in [-0.39, 0.29) is 11.3 Å². The number of ether oxygens (including phenoxy) is 4. The fourth-order valence-corrected chi connectivity index (χ4v) is 6.04. The summed E-state index contributed by atoms with van der Waals surface area (Å²) in [7, 11) is 6.02. The van der Waals surface area contributed by atoms with Crippen LogP contribution in [0.4, 0.5) is 0 Å². The minimum absolute atomic E-state index is 0.191. The SMILES string of the molecule is COc1ccc(C(=O)C2C(c3ccccc3)C(C(=O)O)N(C(=O)c3ccc(OC)c(OC)c3)C2c2ccc(OC)cc2)cc1. The largest absolute Gasteiger partial charge is 0.497 e. The summed E-state index contributed by atoms with van der Waals surface area (Å²) in [6.45, 7) is 0. The molecule has 1 heterocycles. The highest BCUT2D eigenvalue weighted by atomic mass is 16.5. The number of methoxy groups -OCH3 is 4. The minimum atomic E-state index is -1.38. The summed E-state index contributed by atoms with van der Waals surface area (Å²) >= 11 is 0. The van der Waals surface area contributed by atoms with Gasteiger partial charge in [0.2, 0.25) is 0 Å². The molecule has 0 aromatic heterocycles. The number of Topliss-reactive ketones (excluding diaryl/α,β-unsaturated/α-hetero) is 1. The molecule has 5 rings (SSSR count). The lowest BCUT2D eigenvalue weighted by Crippen LogP contribution is -2.43. The molecule has 0 radical (unpaired) electrons. The number of carboxylic acids is 1. The van der Waals surface area contributed by atoms with Crippen molar-refractivity contribution in [2.75, 3.05) is 28.4 Å². The first-order valence-electron chi connectivity index (χ1n) is 14.0. The van der Waals surface area contributed by atoms with E-state index in [2.05, 4.69) is 0 Å². The number of amides is 1. The van der Waals surface area contributed by atoms with Crippen LogP contribution in [0.1, 0.15) is 43.8 Å². The maximum atomic E-state index is 14.6. The average molecular weight is 596 g/mol. The molecular formula is C35H33NO8. The molecule has 4 atom stereocenters. The Labute approximate surface area is 255 Å². The van der Waals surface area contributed by atoms with Crippen molar-refractivity contribution in [1.82, 2.24) is 4.90 Å². The zero-order chi connectivity index (χ0) is 31.4. The van der Waals surface area contributed by atoms with Crippen LogP contribution >= 0.6 is 0 Å². The van der Waals surface area contributed by atoms with Crippen LogP contribution < -0.4 is 18.9 Å². The van der Waals surface area contributed by atoms with Crippen LogP contribution in [0.15, 0.2) is 97.1 Å². The van der Waals surface area contributed by atoms with E-state index in [1.54, 1.807) is 92.0 Å². The normalized spacial score (nSPS) is 19.2. The van der Waals surface area contributed by atoms with Crippen molar-refractivity contribution in [3.63, 3.8) is 0 Å². The Kier molecular flexibility index (Phi) is 8.85. The minimum Gasteiger partial charge on any atom is -0.497 e. The van der Waals surface area contributed by atoms with Crippen molar-refractivity contribution < 1.29 is 38.4 Å². The van der Waals surface area contributed by atoms with Crippen LogP contribution in [0.3, 0.4) is 0 Å². The Morgan fingerprint density at radius 1 is 0.636 bits per heavy atom. The first-order valence-corrected chi connectivity index (χ1v) is 14.0. The van der Waals surface area contributed by atoms with E-state index in [9.17, 15) is 19.5 Å². The Hall–Kier alpha value is -5.31. The van der Waals surface area contributed by atoms with Crippen molar-refractivity contribution in [2.45, 2.75) is 18.0 Å². The third-order valence-corrected chi connectivity index (χ3v) is 8.10. The van der Waals surface area contributed by atoms with Crippen LogP contribution in [0.25, 0.3) is 0 Å². The maximum Gasteiger partial charge on any atom is 0.327 e. The van der Waals surface area contributed by atoms with Gasteiger partial charge in [-0.05, 0) is 65.7 Å². The Morgan fingerprint density at radius 2 is 1.20 bits per heavy atom. The molecule has 4 unspecified atom stereocenters. The zero-order valence-electron chi connectivity index (χ0n) is 24.8. The fourth-order valence-electron chi connectivity index (χ4n) is 6.04. The molecule has 0 bridgehead atoms. The Balaban J connectivity index is 1.75. The van der Waals surface area contributed by atoms with Crippen molar-refractivity contribution >= 4 is 17.7 Å². The molecule has 44 heavy (non-hydrogen) atoms. The Bertz CT molecular complexity index is 1640. The van der Waals surface area contributed by atoms with E-state index in [1.807, 2.05) is 6.07 Å². The van der Waals surface area contributed by atoms with Crippen molar-refractivity contribution in [3.8, 4) is 23.0 Å². The summed E-state index contributed by atoms with van der Waals surface area (Å²) < 4.78 is 21.4. The second-order valence-corrected chi connectivity index (χ2v) is 10.3. The quantitative estimate of drug-likeness (QED) is 0.234. The molecule has 1 aliphatic heterocycles. The summed E-state index contributed by atoms with van der Waals surface area (Å²) in [5.41, 5.74) is 1.79. The number of carbonyl (C=O) groups excluding carboxylic acids is 2. The van der Waals surface area contributed by atoms with Gasteiger partial charge < -0.3 is 29.0 Å². The van der Waals surface area contributed by atoms with Gasteiger partial charge in [-0.2, -0.15) is 0 Å². The third kappa shape index (κ3) is 5.56. The maximum absolute atomic E-state index is 14.6. The van der Waals surface area contributed by atoms with E-state index in [0.717, 1.165) is 0 Å². The number of benzene rings is 4. The number of carbonyl (C=O) groups is 3. The molecule has 9 heteroatoms. The van der Waals surface area contributed by atoms with Gasteiger partial charge in [-0.25, -0.2) is 4.79 Å². The van der Waals surface area contributed by atoms with E-state index in [1.165, 1.54) is 32.3 Å². The molecular weight excluding hydrogens is 562 g/mol. The molecule has 1 N–H and O–H groups in total. The lowest BCUT2D eigenvalue weighted by molar-refractivity contribution is -0.142. The first-order chi connectivity index (χ1) is 21.3. The average Bonchev–Trinajstić information content (AvgIpc) is 3.44. The van der Waals surface area contributed by atoms with Gasteiger partial charge in [-0.3, -0.25) is 9.59 Å². The van der Waals surface area contributed by atoms with Crippen LogP contribution in [0.5, 0.6) is 23.0 Å². The van der Waals surface area contributed by atoms with Crippen molar-refractivity contribution in [1.29, 1.82) is 0 Å². The highest BCUT2D eigenvalue weighted by Crippen LogP contribution is 2.52. The van der Waals surface area contributed by atoms with E-state index < -0.39 is 35.8 Å². The predicted octanol–water partition coefficient (Wildman–Crippen LogP) is 5.65. The number of hydrogen-bond donors (Lipinski definition) is 1. The number of carboxylic acid groups (broad SMARTS) is 1. The van der Waals surface area contributed by atoms with Gasteiger partial charge in [0, 0.05) is 17.0 Å². The summed E-state index contributed by atoms with van der Waals surface area (Å²) in [5.74, 6) is -2.02. The fraction of sp³-hybridized carbons (Fsp3) is 0.229. The summed E-state index contributed by atoms with van der Waals surface area (Å²) in [6.07, 6.45) is 0. The standard InChI is InChI=1S/C35H33NO8/c1-41-25-15-10-22(11-16-25)31-30(33(37)23-12-17-26(42-2)18-13-23)29(21-8-6-5-7-9-21)32(35(39)40)36(31)34(38)24-14-19-27(43-3)28(20-24)44-4/h5-20,29-32H,1-4H3,(H,39,40). The van der Waals surface area contributed by atoms with Crippen molar-refractivity contribution in [3.05, 3.63) is 119 Å². The third-order valence-electron chi connectivity index (χ3n) is 8.10. The van der Waals surface area contributed by atoms with Crippen LogP contribution in [0, 0.1) is 5.92 Å². The molecule has 1 fully saturated rings. The molecule has 0 saturated carbocycles. The number of aliphatic carboxylic acids is 1. The number of hydrogen-bond acceptors (Lipinski definition) is 7. The summed E-state index contributed by atoms with van der Waals surface area (Å²) in [6, 6.07) is 25.0. The van der Waals surface area contributed by atoms with Gasteiger partial charge in [0.25, 0.3) is 5.91 Å². The Morgan fingerprint density at radius 3 is 1.75 bits per heavy atom. The van der Waals surface area contributed by atoms with E-state index >= 15 is 0 Å². The van der Waals surface area contributed by atoms with Crippen molar-refractivity contribution in [2.24, 2.45) is 5.92 Å². The number of nitrogens with zero attached hydrogens (tertiary/aromatic N) is 1. The molecule has 4 aromatic carbocycles. The number of rotatable bonds is 10. The van der Waals surface area contributed by atoms with Gasteiger partial charge in [0.15, 0.2) is 17.3 Å². The summed E-state index contributed by atoms with van der Waals surface area (Å²) in [5, 5.41) is 10.8. The molecule has 1 aliphatic rings. The van der Waals surface area contributed by atoms with E-state index in [0.29, 0.717) is 39.7 Å². The number of likely N-dealkylation sites (tertiary alicyclic amines) is 1. The molecule has 4 aromatic rings. The lowest BCUT2D eigenvalue weighted by atomic mass is 9.76. The zero-order valence-corrected chi connectivity index (χ0v) is 24.8. The molecule has 226 valence electrons. The molecule has 0 aliphatic carbocycles. The highest BCUT2D eigenvalue weighted by molar-refractivity contribution is 6.03. The number of ketones is 1. The van der Waals surface area contributed by atoms with E-state index in [4.69, 9.17) is 18.9 Å². The smallest absolute Gasteiger partial charge is 0.327 e. The first kappa shape index (κ1) is 30.2.